The Balaban J connectivity index is 3.43. The predicted octanol–water partition coefficient (Wildman–Crippen LogP) is -0.954. The van der Waals surface area contributed by atoms with Gasteiger partial charge in [-0.05, 0) is 0 Å². The van der Waals surface area contributed by atoms with Crippen molar-refractivity contribution in [3.63, 3.8) is 0 Å². The van der Waals surface area contributed by atoms with Crippen LogP contribution in [0.5, 0.6) is 0 Å². The van der Waals surface area contributed by atoms with Gasteiger partial charge in [0.05, 0.1) is 0 Å². The SMILES string of the molecule is COC(NC(=N)N)OC. The van der Waals surface area contributed by atoms with Gasteiger partial charge in [0.25, 0.3) is 0 Å². The molecule has 0 saturated heterocycles. The smallest absolute Gasteiger partial charge is 0.239 e. The average molecular weight is 133 g/mol. The van der Waals surface area contributed by atoms with Crippen molar-refractivity contribution in [1.29, 1.82) is 5.41 Å². The van der Waals surface area contributed by atoms with Crippen LogP contribution in [0.25, 0.3) is 0 Å². The Kier molecular flexibility index (Phi) is 3.74. The maximum atomic E-state index is 6.74. The van der Waals surface area contributed by atoms with Crippen LogP contribution in [0.15, 0.2) is 0 Å². The zero-order valence-corrected chi connectivity index (χ0v) is 5.47. The van der Waals surface area contributed by atoms with Gasteiger partial charge in [-0.3, -0.25) is 5.41 Å². The van der Waals surface area contributed by atoms with Crippen LogP contribution in [-0.4, -0.2) is 26.6 Å². The first-order chi connectivity index (χ1) is 4.20. The normalized spacial score (nSPS) is 9.67. The Labute approximate surface area is 53.6 Å². The second kappa shape index (κ2) is 4.11. The third kappa shape index (κ3) is 3.75. The van der Waals surface area contributed by atoms with Gasteiger partial charge >= 0.3 is 0 Å². The first-order valence-corrected chi connectivity index (χ1v) is 2.37. The molecule has 5 nitrogen and oxygen atoms in total. The summed E-state index contributed by atoms with van der Waals surface area (Å²) in [5.41, 5.74) is 4.96. The summed E-state index contributed by atoms with van der Waals surface area (Å²) in [6, 6.07) is 0. The molecule has 54 valence electrons. The van der Waals surface area contributed by atoms with Crippen LogP contribution in [0.3, 0.4) is 0 Å². The molecule has 0 amide bonds. The average Bonchev–Trinajstić information content (AvgIpc) is 1.82. The molecule has 4 N–H and O–H groups in total. The third-order valence-electron chi connectivity index (χ3n) is 0.702. The van der Waals surface area contributed by atoms with E-state index in [4.69, 9.17) is 11.1 Å². The van der Waals surface area contributed by atoms with E-state index in [-0.39, 0.29) is 5.96 Å². The summed E-state index contributed by atoms with van der Waals surface area (Å²) >= 11 is 0. The lowest BCUT2D eigenvalue weighted by Gasteiger charge is -2.13. The van der Waals surface area contributed by atoms with Crippen LogP contribution in [0.1, 0.15) is 0 Å². The fraction of sp³-hybridized carbons (Fsp3) is 0.750. The summed E-state index contributed by atoms with van der Waals surface area (Å²) in [6.45, 7) is 0. The van der Waals surface area contributed by atoms with E-state index in [1.807, 2.05) is 0 Å². The van der Waals surface area contributed by atoms with E-state index < -0.39 is 6.41 Å². The Morgan fingerprint density at radius 1 is 1.56 bits per heavy atom. The quantitative estimate of drug-likeness (QED) is 0.263. The van der Waals surface area contributed by atoms with E-state index in [0.29, 0.717) is 0 Å². The Hall–Kier alpha value is -0.810. The number of ether oxygens (including phenoxy) is 2. The zero-order chi connectivity index (χ0) is 7.28. The highest BCUT2D eigenvalue weighted by molar-refractivity contribution is 5.74. The van der Waals surface area contributed by atoms with Crippen molar-refractivity contribution in [1.82, 2.24) is 5.32 Å². The maximum Gasteiger partial charge on any atom is 0.239 e. The number of rotatable bonds is 3. The van der Waals surface area contributed by atoms with Gasteiger partial charge in [-0.2, -0.15) is 0 Å². The van der Waals surface area contributed by atoms with Crippen LogP contribution in [0.2, 0.25) is 0 Å². The number of methoxy groups -OCH3 is 2. The van der Waals surface area contributed by atoms with Crippen molar-refractivity contribution in [2.45, 2.75) is 6.41 Å². The minimum Gasteiger partial charge on any atom is -0.370 e. The first-order valence-electron chi connectivity index (χ1n) is 2.37. The molecule has 0 atom stereocenters. The monoisotopic (exact) mass is 133 g/mol. The second-order valence-electron chi connectivity index (χ2n) is 1.36. The third-order valence-corrected chi connectivity index (χ3v) is 0.702. The Morgan fingerprint density at radius 2 is 2.00 bits per heavy atom. The van der Waals surface area contributed by atoms with E-state index in [0.717, 1.165) is 0 Å². The molecule has 0 fully saturated rings. The minimum absolute atomic E-state index is 0.177. The molecule has 0 aliphatic heterocycles. The number of nitrogens with two attached hydrogens (primary N) is 1. The Morgan fingerprint density at radius 3 is 2.11 bits per heavy atom. The molecule has 0 unspecified atom stereocenters. The summed E-state index contributed by atoms with van der Waals surface area (Å²) < 4.78 is 9.31. The summed E-state index contributed by atoms with van der Waals surface area (Å²) in [5, 5.41) is 9.13. The van der Waals surface area contributed by atoms with E-state index in [9.17, 15) is 0 Å². The number of hydrogen-bond donors (Lipinski definition) is 3. The molecule has 0 aliphatic carbocycles. The van der Waals surface area contributed by atoms with Gasteiger partial charge in [-0.1, -0.05) is 0 Å². The summed E-state index contributed by atoms with van der Waals surface area (Å²) in [4.78, 5) is 0. The fourth-order valence-corrected chi connectivity index (χ4v) is 0.341. The van der Waals surface area contributed by atoms with Gasteiger partial charge in [-0.15, -0.1) is 0 Å². The molecule has 0 aromatic rings. The first kappa shape index (κ1) is 8.19. The lowest BCUT2D eigenvalue weighted by Crippen LogP contribution is -2.41. The zero-order valence-electron chi connectivity index (χ0n) is 5.47. The van der Waals surface area contributed by atoms with Gasteiger partial charge in [0, 0.05) is 14.2 Å². The highest BCUT2D eigenvalue weighted by Gasteiger charge is 2.01. The molecule has 0 heterocycles. The van der Waals surface area contributed by atoms with Crippen molar-refractivity contribution in [2.75, 3.05) is 14.2 Å². The second-order valence-corrected chi connectivity index (χ2v) is 1.36. The highest BCUT2D eigenvalue weighted by atomic mass is 16.7. The molecule has 0 aromatic heterocycles. The van der Waals surface area contributed by atoms with Crippen LogP contribution >= 0.6 is 0 Å². The summed E-state index contributed by atoms with van der Waals surface area (Å²) in [5.74, 6) is -0.177. The molecule has 0 saturated carbocycles. The van der Waals surface area contributed by atoms with Gasteiger partial charge in [0.2, 0.25) is 6.41 Å². The summed E-state index contributed by atoms with van der Waals surface area (Å²) in [7, 11) is 2.90. The summed E-state index contributed by atoms with van der Waals surface area (Å²) in [6.07, 6.45) is -0.623. The van der Waals surface area contributed by atoms with Crippen LogP contribution in [0.4, 0.5) is 0 Å². The molecular formula is C4H11N3O2. The van der Waals surface area contributed by atoms with E-state index >= 15 is 0 Å². The van der Waals surface area contributed by atoms with Gasteiger partial charge in [-0.25, -0.2) is 0 Å². The van der Waals surface area contributed by atoms with Gasteiger partial charge in [0.1, 0.15) is 0 Å². The van der Waals surface area contributed by atoms with Crippen LogP contribution in [0, 0.1) is 5.41 Å². The standard InChI is InChI=1S/C4H11N3O2/c1-8-4(9-2)7-3(5)6/h4H,1-2H3,(H4,5,6,7). The number of nitrogens with one attached hydrogen (secondary N) is 2. The maximum absolute atomic E-state index is 6.74. The number of guanidine groups is 1. The van der Waals surface area contributed by atoms with Crippen molar-refractivity contribution < 1.29 is 9.47 Å². The van der Waals surface area contributed by atoms with E-state index in [2.05, 4.69) is 14.8 Å². The van der Waals surface area contributed by atoms with Crippen molar-refractivity contribution in [3.05, 3.63) is 0 Å². The van der Waals surface area contributed by atoms with Gasteiger partial charge in [0.15, 0.2) is 5.96 Å². The van der Waals surface area contributed by atoms with Gasteiger partial charge < -0.3 is 20.5 Å². The molecule has 0 rings (SSSR count). The molecule has 0 bridgehead atoms. The topological polar surface area (TPSA) is 80.4 Å². The lowest BCUT2D eigenvalue weighted by molar-refractivity contribution is -0.111. The largest absolute Gasteiger partial charge is 0.370 e. The molecule has 9 heavy (non-hydrogen) atoms. The van der Waals surface area contributed by atoms with Crippen molar-refractivity contribution >= 4 is 5.96 Å². The van der Waals surface area contributed by atoms with E-state index in [1.54, 1.807) is 0 Å². The lowest BCUT2D eigenvalue weighted by atomic mass is 10.9. The molecular weight excluding hydrogens is 122 g/mol. The predicted molar refractivity (Wildman–Crippen MR) is 32.9 cm³/mol. The molecule has 0 aromatic carbocycles. The van der Waals surface area contributed by atoms with E-state index in [1.165, 1.54) is 14.2 Å². The van der Waals surface area contributed by atoms with Crippen molar-refractivity contribution in [3.8, 4) is 0 Å². The van der Waals surface area contributed by atoms with Crippen LogP contribution in [-0.2, 0) is 9.47 Å². The molecule has 5 heteroatoms. The number of hydrogen-bond acceptors (Lipinski definition) is 3. The Bertz CT molecular complexity index is 91.8. The molecule has 0 radical (unpaired) electrons. The highest BCUT2D eigenvalue weighted by Crippen LogP contribution is 1.81. The molecule has 0 spiro atoms. The fourth-order valence-electron chi connectivity index (χ4n) is 0.341. The van der Waals surface area contributed by atoms with Crippen molar-refractivity contribution in [2.24, 2.45) is 5.73 Å². The van der Waals surface area contributed by atoms with Crippen LogP contribution < -0.4 is 11.1 Å². The molecule has 0 aliphatic rings. The minimum atomic E-state index is -0.623.